The average molecular weight is 341 g/mol. The zero-order chi connectivity index (χ0) is 13.4. The summed E-state index contributed by atoms with van der Waals surface area (Å²) in [6, 6.07) is 5.76. The Morgan fingerprint density at radius 1 is 1.32 bits per heavy atom. The molecule has 3 rings (SSSR count). The summed E-state index contributed by atoms with van der Waals surface area (Å²) in [6.45, 7) is 0. The summed E-state index contributed by atoms with van der Waals surface area (Å²) in [5.74, 6) is 0.307. The second-order valence-electron chi connectivity index (χ2n) is 3.68. The molecule has 0 atom stereocenters. The maximum absolute atomic E-state index is 13.0. The van der Waals surface area contributed by atoms with Gasteiger partial charge in [-0.2, -0.15) is 4.98 Å². The molecule has 2 aromatic heterocycles. The van der Waals surface area contributed by atoms with E-state index in [1.54, 1.807) is 17.5 Å². The van der Waals surface area contributed by atoms with Crippen LogP contribution in [0, 0.1) is 5.82 Å². The number of hydrogen-bond acceptors (Lipinski definition) is 5. The number of aromatic hydroxyl groups is 1. The predicted molar refractivity (Wildman–Crippen MR) is 72.4 cm³/mol. The van der Waals surface area contributed by atoms with E-state index in [-0.39, 0.29) is 17.5 Å². The molecule has 0 aliphatic heterocycles. The average Bonchev–Trinajstić information content (AvgIpc) is 2.97. The minimum absolute atomic E-state index is 0.0957. The molecule has 4 nitrogen and oxygen atoms in total. The summed E-state index contributed by atoms with van der Waals surface area (Å²) in [6.07, 6.45) is 0. The molecule has 0 saturated carbocycles. The van der Waals surface area contributed by atoms with Crippen LogP contribution in [0.2, 0.25) is 0 Å². The zero-order valence-electron chi connectivity index (χ0n) is 9.30. The highest BCUT2D eigenvalue weighted by Gasteiger charge is 2.16. The number of hydrogen-bond donors (Lipinski definition) is 1. The van der Waals surface area contributed by atoms with Crippen molar-refractivity contribution in [2.75, 3.05) is 0 Å². The fraction of sp³-hybridized carbons (Fsp3) is 0. The molecule has 0 radical (unpaired) electrons. The number of nitrogens with zero attached hydrogens (tertiary/aromatic N) is 2. The van der Waals surface area contributed by atoms with Gasteiger partial charge < -0.3 is 9.63 Å². The van der Waals surface area contributed by atoms with Crippen LogP contribution in [-0.4, -0.2) is 15.2 Å². The highest BCUT2D eigenvalue weighted by atomic mass is 79.9. The van der Waals surface area contributed by atoms with E-state index in [2.05, 4.69) is 26.1 Å². The number of rotatable bonds is 2. The van der Waals surface area contributed by atoms with Gasteiger partial charge in [-0.25, -0.2) is 4.39 Å². The van der Waals surface area contributed by atoms with Crippen molar-refractivity contribution in [2.45, 2.75) is 0 Å². The van der Waals surface area contributed by atoms with E-state index in [1.165, 1.54) is 23.5 Å². The highest BCUT2D eigenvalue weighted by molar-refractivity contribution is 9.10. The van der Waals surface area contributed by atoms with E-state index in [9.17, 15) is 9.50 Å². The van der Waals surface area contributed by atoms with Crippen LogP contribution in [0.25, 0.3) is 22.2 Å². The first-order valence-corrected chi connectivity index (χ1v) is 6.88. The number of benzene rings is 1. The molecule has 3 aromatic rings. The molecule has 1 N–H and O–H groups in total. The summed E-state index contributed by atoms with van der Waals surface area (Å²) in [5, 5.41) is 15.2. The SMILES string of the molecule is Oc1ccsc1-c1nc(-c2ccc(F)cc2Br)no1. The lowest BCUT2D eigenvalue weighted by Crippen LogP contribution is -1.84. The monoisotopic (exact) mass is 340 g/mol. The van der Waals surface area contributed by atoms with Crippen molar-refractivity contribution >= 4 is 27.3 Å². The van der Waals surface area contributed by atoms with E-state index < -0.39 is 0 Å². The van der Waals surface area contributed by atoms with Gasteiger partial charge in [0.05, 0.1) is 0 Å². The number of aromatic nitrogens is 2. The third-order valence-electron chi connectivity index (χ3n) is 2.44. The Morgan fingerprint density at radius 2 is 2.16 bits per heavy atom. The largest absolute Gasteiger partial charge is 0.506 e. The van der Waals surface area contributed by atoms with Gasteiger partial charge in [0.1, 0.15) is 16.4 Å². The summed E-state index contributed by atoms with van der Waals surface area (Å²) >= 11 is 4.55. The Labute approximate surface area is 119 Å². The van der Waals surface area contributed by atoms with Gasteiger partial charge in [0.15, 0.2) is 0 Å². The van der Waals surface area contributed by atoms with E-state index in [0.717, 1.165) is 0 Å². The Kier molecular flexibility index (Phi) is 3.08. The second kappa shape index (κ2) is 4.75. The van der Waals surface area contributed by atoms with Crippen molar-refractivity contribution in [1.82, 2.24) is 10.1 Å². The molecule has 0 aliphatic carbocycles. The van der Waals surface area contributed by atoms with E-state index in [4.69, 9.17) is 4.52 Å². The van der Waals surface area contributed by atoms with Crippen LogP contribution in [0.15, 0.2) is 38.6 Å². The Balaban J connectivity index is 2.04. The van der Waals surface area contributed by atoms with Crippen LogP contribution >= 0.6 is 27.3 Å². The number of halogens is 2. The van der Waals surface area contributed by atoms with Crippen molar-refractivity contribution < 1.29 is 14.0 Å². The summed E-state index contributed by atoms with van der Waals surface area (Å²) in [5.41, 5.74) is 0.618. The lowest BCUT2D eigenvalue weighted by atomic mass is 10.2. The van der Waals surface area contributed by atoms with Crippen molar-refractivity contribution in [2.24, 2.45) is 0 Å². The van der Waals surface area contributed by atoms with Crippen molar-refractivity contribution in [1.29, 1.82) is 0 Å². The van der Waals surface area contributed by atoms with Gasteiger partial charge in [0.2, 0.25) is 5.82 Å². The number of thiophene rings is 1. The van der Waals surface area contributed by atoms with Gasteiger partial charge in [-0.3, -0.25) is 0 Å². The molecule has 1 aromatic carbocycles. The molecule has 0 aliphatic rings. The van der Waals surface area contributed by atoms with Crippen molar-refractivity contribution in [3.63, 3.8) is 0 Å². The quantitative estimate of drug-likeness (QED) is 0.763. The van der Waals surface area contributed by atoms with Crippen molar-refractivity contribution in [3.05, 3.63) is 39.9 Å². The molecule has 19 heavy (non-hydrogen) atoms. The van der Waals surface area contributed by atoms with Crippen LogP contribution in [-0.2, 0) is 0 Å². The van der Waals surface area contributed by atoms with Gasteiger partial charge >= 0.3 is 0 Å². The Bertz CT molecular complexity index is 741. The van der Waals surface area contributed by atoms with Gasteiger partial charge in [0.25, 0.3) is 5.89 Å². The molecular weight excluding hydrogens is 335 g/mol. The van der Waals surface area contributed by atoms with Gasteiger partial charge in [0, 0.05) is 10.0 Å². The fourth-order valence-electron chi connectivity index (χ4n) is 1.56. The van der Waals surface area contributed by atoms with Gasteiger partial charge in [-0.15, -0.1) is 11.3 Å². The van der Waals surface area contributed by atoms with Crippen LogP contribution in [0.4, 0.5) is 4.39 Å². The van der Waals surface area contributed by atoms with Gasteiger partial charge in [-0.1, -0.05) is 5.16 Å². The highest BCUT2D eigenvalue weighted by Crippen LogP contribution is 2.35. The smallest absolute Gasteiger partial charge is 0.272 e. The second-order valence-corrected chi connectivity index (χ2v) is 5.45. The topological polar surface area (TPSA) is 59.2 Å². The maximum atomic E-state index is 13.0. The zero-order valence-corrected chi connectivity index (χ0v) is 11.7. The standard InChI is InChI=1S/C12H6BrFN2O2S/c13-8-5-6(14)1-2-7(8)11-15-12(18-16-11)10-9(17)3-4-19-10/h1-5,17H. The lowest BCUT2D eigenvalue weighted by Gasteiger charge is -1.98. The van der Waals surface area contributed by atoms with Crippen LogP contribution < -0.4 is 0 Å². The van der Waals surface area contributed by atoms with E-state index in [1.807, 2.05) is 0 Å². The summed E-state index contributed by atoms with van der Waals surface area (Å²) in [7, 11) is 0. The third kappa shape index (κ3) is 2.26. The normalized spacial score (nSPS) is 10.8. The first kappa shape index (κ1) is 12.3. The van der Waals surface area contributed by atoms with E-state index >= 15 is 0 Å². The third-order valence-corrected chi connectivity index (χ3v) is 3.98. The maximum Gasteiger partial charge on any atom is 0.272 e. The fourth-order valence-corrected chi connectivity index (χ4v) is 2.79. The molecule has 0 amide bonds. The molecule has 96 valence electrons. The van der Waals surface area contributed by atoms with Gasteiger partial charge in [-0.05, 0) is 45.6 Å². The Hall–Kier alpha value is -1.73. The summed E-state index contributed by atoms with van der Waals surface area (Å²) in [4.78, 5) is 4.71. The first-order valence-electron chi connectivity index (χ1n) is 5.21. The van der Waals surface area contributed by atoms with Crippen LogP contribution in [0.3, 0.4) is 0 Å². The summed E-state index contributed by atoms with van der Waals surface area (Å²) < 4.78 is 18.7. The minimum atomic E-state index is -0.352. The molecule has 0 fully saturated rings. The molecule has 0 bridgehead atoms. The van der Waals surface area contributed by atoms with Crippen molar-refractivity contribution in [3.8, 4) is 27.9 Å². The predicted octanol–water partition coefficient (Wildman–Crippen LogP) is 4.07. The Morgan fingerprint density at radius 3 is 2.84 bits per heavy atom. The first-order chi connectivity index (χ1) is 9.15. The molecule has 2 heterocycles. The minimum Gasteiger partial charge on any atom is -0.506 e. The molecule has 0 spiro atoms. The van der Waals surface area contributed by atoms with Crippen LogP contribution in [0.1, 0.15) is 0 Å². The molecule has 7 heteroatoms. The molecular formula is C12H6BrFN2O2S. The van der Waals surface area contributed by atoms with Crippen LogP contribution in [0.5, 0.6) is 5.75 Å². The lowest BCUT2D eigenvalue weighted by molar-refractivity contribution is 0.427. The molecule has 0 saturated heterocycles. The van der Waals surface area contributed by atoms with E-state index in [0.29, 0.717) is 20.7 Å². The molecule has 0 unspecified atom stereocenters.